The Balaban J connectivity index is 2.68. The Kier molecular flexibility index (Phi) is 5.90. The van der Waals surface area contributed by atoms with Gasteiger partial charge in [-0.15, -0.1) is 4.83 Å². The highest BCUT2D eigenvalue weighted by Crippen LogP contribution is 2.18. The van der Waals surface area contributed by atoms with Gasteiger partial charge in [-0.2, -0.15) is 0 Å². The minimum atomic E-state index is -3.86. The lowest BCUT2D eigenvalue weighted by Gasteiger charge is -2.17. The van der Waals surface area contributed by atoms with E-state index < -0.39 is 15.9 Å². The van der Waals surface area contributed by atoms with Crippen molar-refractivity contribution in [3.63, 3.8) is 0 Å². The zero-order chi connectivity index (χ0) is 17.0. The molecule has 0 bridgehead atoms. The summed E-state index contributed by atoms with van der Waals surface area (Å²) in [6, 6.07) is 2.83. The SMILES string of the molecule is CC(C)Oc1ccc(S(=O)(=O)NNC(=O)CC(C)(C)C)cn1. The summed E-state index contributed by atoms with van der Waals surface area (Å²) in [7, 11) is -3.86. The minimum absolute atomic E-state index is 0.0511. The second kappa shape index (κ2) is 7.06. The summed E-state index contributed by atoms with van der Waals surface area (Å²) in [5, 5.41) is 0. The molecule has 0 aliphatic rings. The summed E-state index contributed by atoms with van der Waals surface area (Å²) >= 11 is 0. The molecule has 1 rings (SSSR count). The molecule has 0 aliphatic heterocycles. The van der Waals surface area contributed by atoms with Crippen molar-refractivity contribution in [1.82, 2.24) is 15.2 Å². The molecule has 22 heavy (non-hydrogen) atoms. The van der Waals surface area contributed by atoms with Crippen molar-refractivity contribution in [2.75, 3.05) is 0 Å². The quantitative estimate of drug-likeness (QED) is 0.773. The number of ether oxygens (including phenoxy) is 1. The molecule has 0 unspecified atom stereocenters. The van der Waals surface area contributed by atoms with Gasteiger partial charge in [0.2, 0.25) is 11.8 Å². The summed E-state index contributed by atoms with van der Waals surface area (Å²) in [4.78, 5) is 17.5. The molecule has 8 heteroatoms. The lowest BCUT2D eigenvalue weighted by Crippen LogP contribution is -2.42. The highest BCUT2D eigenvalue weighted by Gasteiger charge is 2.19. The van der Waals surface area contributed by atoms with Gasteiger partial charge in [0.1, 0.15) is 4.90 Å². The number of rotatable bonds is 6. The Morgan fingerprint density at radius 3 is 2.41 bits per heavy atom. The molecule has 0 saturated heterocycles. The fourth-order valence-electron chi connectivity index (χ4n) is 1.55. The number of carbonyl (C=O) groups excluding carboxylic acids is 1. The molecular weight excluding hydrogens is 306 g/mol. The molecule has 0 saturated carbocycles. The van der Waals surface area contributed by atoms with Crippen molar-refractivity contribution in [2.45, 2.75) is 52.0 Å². The van der Waals surface area contributed by atoms with Crippen LogP contribution in [0.4, 0.5) is 0 Å². The van der Waals surface area contributed by atoms with Crippen LogP contribution in [0.1, 0.15) is 41.0 Å². The van der Waals surface area contributed by atoms with Crippen LogP contribution in [0.15, 0.2) is 23.2 Å². The number of nitrogens with zero attached hydrogens (tertiary/aromatic N) is 1. The van der Waals surface area contributed by atoms with Crippen molar-refractivity contribution in [2.24, 2.45) is 5.41 Å². The number of amides is 1. The summed E-state index contributed by atoms with van der Waals surface area (Å²) in [5.41, 5.74) is 1.96. The molecule has 7 nitrogen and oxygen atoms in total. The van der Waals surface area contributed by atoms with Gasteiger partial charge in [-0.25, -0.2) is 13.4 Å². The molecule has 0 spiro atoms. The van der Waals surface area contributed by atoms with E-state index in [4.69, 9.17) is 4.74 Å². The Morgan fingerprint density at radius 2 is 1.95 bits per heavy atom. The lowest BCUT2D eigenvalue weighted by molar-refractivity contribution is -0.123. The van der Waals surface area contributed by atoms with Crippen molar-refractivity contribution in [3.8, 4) is 5.88 Å². The molecule has 124 valence electrons. The van der Waals surface area contributed by atoms with E-state index in [1.54, 1.807) is 0 Å². The Hall–Kier alpha value is -1.67. The van der Waals surface area contributed by atoms with E-state index in [1.165, 1.54) is 18.3 Å². The Morgan fingerprint density at radius 1 is 1.32 bits per heavy atom. The second-order valence-electron chi connectivity index (χ2n) is 6.39. The number of pyridine rings is 1. The van der Waals surface area contributed by atoms with Gasteiger partial charge in [0.15, 0.2) is 0 Å². The summed E-state index contributed by atoms with van der Waals surface area (Å²) in [5.74, 6) is -0.0606. The maximum Gasteiger partial charge on any atom is 0.258 e. The largest absolute Gasteiger partial charge is 0.475 e. The third-order valence-corrected chi connectivity index (χ3v) is 3.62. The third-order valence-electron chi connectivity index (χ3n) is 2.39. The first kappa shape index (κ1) is 18.4. The topological polar surface area (TPSA) is 97.4 Å². The van der Waals surface area contributed by atoms with E-state index in [0.29, 0.717) is 5.88 Å². The number of hydrogen-bond donors (Lipinski definition) is 2. The molecule has 1 amide bonds. The van der Waals surface area contributed by atoms with E-state index in [0.717, 1.165) is 0 Å². The van der Waals surface area contributed by atoms with Gasteiger partial charge >= 0.3 is 0 Å². The zero-order valence-electron chi connectivity index (χ0n) is 13.5. The van der Waals surface area contributed by atoms with Crippen molar-refractivity contribution in [3.05, 3.63) is 18.3 Å². The molecule has 1 aromatic heterocycles. The number of hydrogen-bond acceptors (Lipinski definition) is 5. The van der Waals surface area contributed by atoms with Crippen LogP contribution in [-0.2, 0) is 14.8 Å². The van der Waals surface area contributed by atoms with Gasteiger partial charge in [0.25, 0.3) is 10.0 Å². The molecule has 0 fully saturated rings. The second-order valence-corrected chi connectivity index (χ2v) is 8.07. The summed E-state index contributed by atoms with van der Waals surface area (Å²) in [6.07, 6.45) is 1.33. The van der Waals surface area contributed by atoms with Crippen LogP contribution < -0.4 is 15.0 Å². The highest BCUT2D eigenvalue weighted by molar-refractivity contribution is 7.89. The average molecular weight is 329 g/mol. The zero-order valence-corrected chi connectivity index (χ0v) is 14.3. The smallest absolute Gasteiger partial charge is 0.258 e. The van der Waals surface area contributed by atoms with Crippen molar-refractivity contribution in [1.29, 1.82) is 0 Å². The molecule has 2 N–H and O–H groups in total. The van der Waals surface area contributed by atoms with Crippen LogP contribution in [-0.4, -0.2) is 25.4 Å². The molecular formula is C14H23N3O4S. The van der Waals surface area contributed by atoms with Crippen LogP contribution in [0, 0.1) is 5.41 Å². The van der Waals surface area contributed by atoms with E-state index in [2.05, 4.69) is 10.4 Å². The first-order valence-electron chi connectivity index (χ1n) is 6.93. The van der Waals surface area contributed by atoms with Gasteiger partial charge < -0.3 is 4.74 Å². The predicted molar refractivity (Wildman–Crippen MR) is 82.5 cm³/mol. The average Bonchev–Trinajstić information content (AvgIpc) is 2.34. The predicted octanol–water partition coefficient (Wildman–Crippen LogP) is 1.61. The van der Waals surface area contributed by atoms with Crippen LogP contribution >= 0.6 is 0 Å². The van der Waals surface area contributed by atoms with Gasteiger partial charge in [-0.1, -0.05) is 20.8 Å². The number of carbonyl (C=O) groups is 1. The van der Waals surface area contributed by atoms with Gasteiger partial charge in [-0.3, -0.25) is 10.2 Å². The van der Waals surface area contributed by atoms with E-state index in [1.807, 2.05) is 39.4 Å². The van der Waals surface area contributed by atoms with Crippen LogP contribution in [0.2, 0.25) is 0 Å². The molecule has 1 aromatic rings. The van der Waals surface area contributed by atoms with E-state index in [9.17, 15) is 13.2 Å². The van der Waals surface area contributed by atoms with Gasteiger partial charge in [0, 0.05) is 12.5 Å². The number of hydrazine groups is 1. The maximum absolute atomic E-state index is 12.0. The van der Waals surface area contributed by atoms with Crippen molar-refractivity contribution >= 4 is 15.9 Å². The molecule has 0 radical (unpaired) electrons. The fourth-order valence-corrected chi connectivity index (χ4v) is 2.35. The summed E-state index contributed by atoms with van der Waals surface area (Å²) < 4.78 is 29.4. The van der Waals surface area contributed by atoms with Gasteiger partial charge in [-0.05, 0) is 25.3 Å². The monoisotopic (exact) mass is 329 g/mol. The highest BCUT2D eigenvalue weighted by atomic mass is 32.2. The normalized spacial score (nSPS) is 12.3. The Labute approximate surface area is 131 Å². The first-order chi connectivity index (χ1) is 9.99. The molecule has 0 aromatic carbocycles. The first-order valence-corrected chi connectivity index (χ1v) is 8.41. The number of aromatic nitrogens is 1. The van der Waals surface area contributed by atoms with Crippen LogP contribution in [0.5, 0.6) is 5.88 Å². The standard InChI is InChI=1S/C14H23N3O4S/c1-10(2)21-13-7-6-11(9-15-13)22(19,20)17-16-12(18)8-14(3,4)5/h6-7,9-10,17H,8H2,1-5H3,(H,16,18). The minimum Gasteiger partial charge on any atom is -0.475 e. The van der Waals surface area contributed by atoms with Crippen LogP contribution in [0.25, 0.3) is 0 Å². The van der Waals surface area contributed by atoms with E-state index in [-0.39, 0.29) is 22.8 Å². The fraction of sp³-hybridized carbons (Fsp3) is 0.571. The molecule has 1 heterocycles. The number of nitrogens with one attached hydrogen (secondary N) is 2. The lowest BCUT2D eigenvalue weighted by atomic mass is 9.92. The van der Waals surface area contributed by atoms with E-state index >= 15 is 0 Å². The van der Waals surface area contributed by atoms with Crippen molar-refractivity contribution < 1.29 is 17.9 Å². The Bertz CT molecular complexity index is 604. The van der Waals surface area contributed by atoms with Crippen LogP contribution in [0.3, 0.4) is 0 Å². The number of sulfonamides is 1. The third kappa shape index (κ3) is 6.40. The van der Waals surface area contributed by atoms with Gasteiger partial charge in [0.05, 0.1) is 12.3 Å². The molecule has 0 atom stereocenters. The summed E-state index contributed by atoms with van der Waals surface area (Å²) in [6.45, 7) is 9.35. The maximum atomic E-state index is 12.0. The molecule has 0 aliphatic carbocycles.